The molecule has 0 fully saturated rings. The topological polar surface area (TPSA) is 64.4 Å². The van der Waals surface area contributed by atoms with Gasteiger partial charge in [0, 0.05) is 24.7 Å². The fraction of sp³-hybridized carbons (Fsp3) is 0.250. The summed E-state index contributed by atoms with van der Waals surface area (Å²) in [6.07, 6.45) is 0. The summed E-state index contributed by atoms with van der Waals surface area (Å²) in [5.74, 6) is 0.825. The van der Waals surface area contributed by atoms with Crippen LogP contribution in [0.3, 0.4) is 0 Å². The molecule has 0 amide bonds. The zero-order chi connectivity index (χ0) is 15.2. The van der Waals surface area contributed by atoms with E-state index in [2.05, 4.69) is 5.32 Å². The zero-order valence-electron chi connectivity index (χ0n) is 12.1. The van der Waals surface area contributed by atoms with Crippen molar-refractivity contribution in [3.63, 3.8) is 0 Å². The number of ether oxygens (including phenoxy) is 1. The predicted molar refractivity (Wildman–Crippen MR) is 81.3 cm³/mol. The van der Waals surface area contributed by atoms with Crippen LogP contribution in [-0.2, 0) is 6.54 Å². The smallest absolute Gasteiger partial charge is 0.269 e. The summed E-state index contributed by atoms with van der Waals surface area (Å²) < 4.78 is 5.12. The molecule has 21 heavy (non-hydrogen) atoms. The van der Waals surface area contributed by atoms with Crippen LogP contribution in [0.25, 0.3) is 0 Å². The van der Waals surface area contributed by atoms with Gasteiger partial charge in [-0.1, -0.05) is 24.3 Å². The summed E-state index contributed by atoms with van der Waals surface area (Å²) in [4.78, 5) is 10.4. The van der Waals surface area contributed by atoms with E-state index in [0.717, 1.165) is 16.9 Å². The number of methoxy groups -OCH3 is 1. The Bertz CT molecular complexity index is 611. The molecule has 0 aliphatic carbocycles. The van der Waals surface area contributed by atoms with Crippen LogP contribution in [0.2, 0.25) is 0 Å². The second kappa shape index (κ2) is 6.85. The van der Waals surface area contributed by atoms with Gasteiger partial charge in [-0.25, -0.2) is 0 Å². The number of hydrogen-bond donors (Lipinski definition) is 1. The third-order valence-electron chi connectivity index (χ3n) is 3.35. The maximum absolute atomic E-state index is 10.8. The minimum Gasteiger partial charge on any atom is -0.497 e. The molecule has 5 heteroatoms. The van der Waals surface area contributed by atoms with Crippen LogP contribution in [0, 0.1) is 10.1 Å². The molecular weight excluding hydrogens is 268 g/mol. The van der Waals surface area contributed by atoms with E-state index in [-0.39, 0.29) is 16.7 Å². The largest absolute Gasteiger partial charge is 0.497 e. The summed E-state index contributed by atoms with van der Waals surface area (Å²) in [5, 5.41) is 14.1. The zero-order valence-corrected chi connectivity index (χ0v) is 12.1. The van der Waals surface area contributed by atoms with Crippen molar-refractivity contribution in [1.29, 1.82) is 0 Å². The Kier molecular flexibility index (Phi) is 4.90. The number of non-ortho nitro benzene ring substituents is 1. The molecule has 0 saturated carbocycles. The third-order valence-corrected chi connectivity index (χ3v) is 3.35. The average molecular weight is 286 g/mol. The fourth-order valence-corrected chi connectivity index (χ4v) is 2.04. The van der Waals surface area contributed by atoms with Gasteiger partial charge in [0.15, 0.2) is 0 Å². The van der Waals surface area contributed by atoms with Crippen molar-refractivity contribution in [2.24, 2.45) is 0 Å². The van der Waals surface area contributed by atoms with Gasteiger partial charge in [0.05, 0.1) is 12.0 Å². The normalized spacial score (nSPS) is 11.9. The minimum atomic E-state index is -0.375. The monoisotopic (exact) mass is 286 g/mol. The summed E-state index contributed by atoms with van der Waals surface area (Å²) in [7, 11) is 1.64. The second-order valence-corrected chi connectivity index (χ2v) is 4.80. The molecule has 2 rings (SSSR count). The lowest BCUT2D eigenvalue weighted by Crippen LogP contribution is -2.18. The van der Waals surface area contributed by atoms with Crippen LogP contribution >= 0.6 is 0 Å². The van der Waals surface area contributed by atoms with Crippen LogP contribution in [0.15, 0.2) is 48.5 Å². The third kappa shape index (κ3) is 4.03. The highest BCUT2D eigenvalue weighted by atomic mass is 16.6. The number of hydrogen-bond acceptors (Lipinski definition) is 4. The molecule has 1 N–H and O–H groups in total. The minimum absolute atomic E-state index is 0.0343. The molecule has 0 bridgehead atoms. The van der Waals surface area contributed by atoms with Crippen molar-refractivity contribution in [1.82, 2.24) is 5.32 Å². The average Bonchev–Trinajstić information content (AvgIpc) is 2.53. The first-order valence-electron chi connectivity index (χ1n) is 6.71. The molecule has 0 aliphatic rings. The Hall–Kier alpha value is -2.40. The molecular formula is C16H18N2O3. The van der Waals surface area contributed by atoms with Crippen molar-refractivity contribution >= 4 is 5.69 Å². The van der Waals surface area contributed by atoms with E-state index in [9.17, 15) is 10.1 Å². The van der Waals surface area contributed by atoms with Crippen molar-refractivity contribution < 1.29 is 9.66 Å². The Balaban J connectivity index is 1.99. The summed E-state index contributed by atoms with van der Waals surface area (Å²) in [5.41, 5.74) is 2.15. The highest BCUT2D eigenvalue weighted by Crippen LogP contribution is 2.19. The van der Waals surface area contributed by atoms with E-state index in [0.29, 0.717) is 6.54 Å². The first-order chi connectivity index (χ1) is 10.1. The molecule has 0 heterocycles. The molecule has 5 nitrogen and oxygen atoms in total. The van der Waals surface area contributed by atoms with Crippen LogP contribution in [0.1, 0.15) is 24.1 Å². The van der Waals surface area contributed by atoms with Crippen molar-refractivity contribution in [2.75, 3.05) is 7.11 Å². The fourth-order valence-electron chi connectivity index (χ4n) is 2.04. The molecule has 1 unspecified atom stereocenters. The van der Waals surface area contributed by atoms with Crippen molar-refractivity contribution in [3.05, 3.63) is 69.8 Å². The van der Waals surface area contributed by atoms with E-state index in [4.69, 9.17) is 4.74 Å². The molecule has 0 saturated heterocycles. The summed E-state index contributed by atoms with van der Waals surface area (Å²) in [6, 6.07) is 14.5. The molecule has 2 aromatic rings. The predicted octanol–water partition coefficient (Wildman–Crippen LogP) is 3.45. The van der Waals surface area contributed by atoms with E-state index in [1.54, 1.807) is 19.2 Å². The number of nitro benzene ring substituents is 1. The number of nitrogens with zero attached hydrogens (tertiary/aromatic N) is 1. The van der Waals surface area contributed by atoms with Crippen molar-refractivity contribution in [2.45, 2.75) is 19.5 Å². The van der Waals surface area contributed by atoms with Gasteiger partial charge in [-0.15, -0.1) is 0 Å². The van der Waals surface area contributed by atoms with Gasteiger partial charge in [0.25, 0.3) is 5.69 Å². The van der Waals surface area contributed by atoms with Gasteiger partial charge in [-0.3, -0.25) is 10.1 Å². The Morgan fingerprint density at radius 3 is 2.57 bits per heavy atom. The Morgan fingerprint density at radius 1 is 1.24 bits per heavy atom. The van der Waals surface area contributed by atoms with E-state index < -0.39 is 0 Å². The molecule has 0 aromatic heterocycles. The van der Waals surface area contributed by atoms with E-state index in [1.807, 2.05) is 37.3 Å². The Labute approximate surface area is 123 Å². The molecule has 0 aliphatic heterocycles. The van der Waals surface area contributed by atoms with E-state index in [1.165, 1.54) is 6.07 Å². The summed E-state index contributed by atoms with van der Waals surface area (Å²) in [6.45, 7) is 2.68. The van der Waals surface area contributed by atoms with Gasteiger partial charge in [0.2, 0.25) is 0 Å². The molecule has 0 spiro atoms. The standard InChI is InChI=1S/C16H18N2O3/c1-12(14-4-3-5-15(10-14)18(19)20)17-11-13-6-8-16(21-2)9-7-13/h3-10,12,17H,11H2,1-2H3. The number of nitro groups is 1. The lowest BCUT2D eigenvalue weighted by Gasteiger charge is -2.14. The van der Waals surface area contributed by atoms with E-state index >= 15 is 0 Å². The first kappa shape index (κ1) is 15.0. The van der Waals surface area contributed by atoms with Gasteiger partial charge in [-0.05, 0) is 30.2 Å². The van der Waals surface area contributed by atoms with Crippen LogP contribution in [0.4, 0.5) is 5.69 Å². The number of nitrogens with one attached hydrogen (secondary N) is 1. The van der Waals surface area contributed by atoms with Gasteiger partial charge in [-0.2, -0.15) is 0 Å². The van der Waals surface area contributed by atoms with Gasteiger partial charge >= 0.3 is 0 Å². The lowest BCUT2D eigenvalue weighted by molar-refractivity contribution is -0.384. The maximum Gasteiger partial charge on any atom is 0.269 e. The molecule has 1 atom stereocenters. The number of benzene rings is 2. The molecule has 0 radical (unpaired) electrons. The highest BCUT2D eigenvalue weighted by Gasteiger charge is 2.10. The van der Waals surface area contributed by atoms with Gasteiger partial charge in [0.1, 0.15) is 5.75 Å². The second-order valence-electron chi connectivity index (χ2n) is 4.80. The van der Waals surface area contributed by atoms with Crippen LogP contribution in [-0.4, -0.2) is 12.0 Å². The van der Waals surface area contributed by atoms with Gasteiger partial charge < -0.3 is 10.1 Å². The molecule has 2 aromatic carbocycles. The van der Waals surface area contributed by atoms with Crippen LogP contribution < -0.4 is 10.1 Å². The Morgan fingerprint density at radius 2 is 1.95 bits per heavy atom. The van der Waals surface area contributed by atoms with Crippen molar-refractivity contribution in [3.8, 4) is 5.75 Å². The SMILES string of the molecule is COc1ccc(CNC(C)c2cccc([N+](=O)[O-])c2)cc1. The quantitative estimate of drug-likeness (QED) is 0.652. The first-order valence-corrected chi connectivity index (χ1v) is 6.71. The summed E-state index contributed by atoms with van der Waals surface area (Å²) >= 11 is 0. The molecule has 110 valence electrons. The number of rotatable bonds is 6. The maximum atomic E-state index is 10.8. The van der Waals surface area contributed by atoms with Crippen LogP contribution in [0.5, 0.6) is 5.75 Å². The lowest BCUT2D eigenvalue weighted by atomic mass is 10.1. The highest BCUT2D eigenvalue weighted by molar-refractivity contribution is 5.35.